The van der Waals surface area contributed by atoms with E-state index in [1.807, 2.05) is 24.3 Å². The topological polar surface area (TPSA) is 55.1 Å². The predicted molar refractivity (Wildman–Crippen MR) is 80.3 cm³/mol. The van der Waals surface area contributed by atoms with Crippen LogP contribution in [0.3, 0.4) is 0 Å². The predicted octanol–water partition coefficient (Wildman–Crippen LogP) is 3.84. The smallest absolute Gasteiger partial charge is 0.274 e. The molecule has 0 radical (unpaired) electrons. The highest BCUT2D eigenvalue weighted by Gasteiger charge is 2.38. The van der Waals surface area contributed by atoms with Gasteiger partial charge >= 0.3 is 0 Å². The molecule has 1 saturated carbocycles. The quantitative estimate of drug-likeness (QED) is 0.937. The third-order valence-corrected chi connectivity index (χ3v) is 4.38. The Morgan fingerprint density at radius 1 is 1.38 bits per heavy atom. The summed E-state index contributed by atoms with van der Waals surface area (Å²) in [6.45, 7) is 1.74. The van der Waals surface area contributed by atoms with Crippen LogP contribution in [0.25, 0.3) is 0 Å². The van der Waals surface area contributed by atoms with Crippen LogP contribution in [0.1, 0.15) is 47.5 Å². The molecule has 1 fully saturated rings. The minimum atomic E-state index is -0.354. The molecule has 0 unspecified atom stereocenters. The maximum atomic E-state index is 12.5. The van der Waals surface area contributed by atoms with Crippen molar-refractivity contribution in [2.75, 3.05) is 0 Å². The van der Waals surface area contributed by atoms with Crippen molar-refractivity contribution in [3.05, 3.63) is 52.7 Å². The lowest BCUT2D eigenvalue weighted by Gasteiger charge is -2.31. The molecule has 5 heteroatoms. The molecule has 0 bridgehead atoms. The van der Waals surface area contributed by atoms with E-state index in [9.17, 15) is 4.79 Å². The van der Waals surface area contributed by atoms with Crippen molar-refractivity contribution in [3.63, 3.8) is 0 Å². The lowest BCUT2D eigenvalue weighted by Crippen LogP contribution is -2.44. The first kappa shape index (κ1) is 14.1. The number of carbonyl (C=O) groups excluding carboxylic acids is 1. The molecular formula is C16H17ClN2O2. The van der Waals surface area contributed by atoms with Crippen molar-refractivity contribution in [3.8, 4) is 0 Å². The molecule has 1 aliphatic carbocycles. The molecule has 1 heterocycles. The summed E-state index contributed by atoms with van der Waals surface area (Å²) in [5.41, 5.74) is 1.05. The van der Waals surface area contributed by atoms with E-state index in [4.69, 9.17) is 16.0 Å². The van der Waals surface area contributed by atoms with Crippen LogP contribution in [0.15, 0.2) is 35.1 Å². The van der Waals surface area contributed by atoms with Crippen molar-refractivity contribution in [1.29, 1.82) is 0 Å². The molecule has 0 aliphatic heterocycles. The normalized spacial score (nSPS) is 16.9. The molecule has 4 nitrogen and oxygen atoms in total. The molecule has 1 aliphatic rings. The van der Waals surface area contributed by atoms with E-state index in [1.165, 1.54) is 6.39 Å². The fourth-order valence-corrected chi connectivity index (χ4v) is 3.24. The number of amides is 1. The van der Waals surface area contributed by atoms with Crippen LogP contribution in [0.4, 0.5) is 0 Å². The van der Waals surface area contributed by atoms with Crippen molar-refractivity contribution in [2.24, 2.45) is 0 Å². The summed E-state index contributed by atoms with van der Waals surface area (Å²) in [4.78, 5) is 16.5. The van der Waals surface area contributed by atoms with Gasteiger partial charge in [-0.1, -0.05) is 36.6 Å². The summed E-state index contributed by atoms with van der Waals surface area (Å²) in [6.07, 6.45) is 5.30. The van der Waals surface area contributed by atoms with Gasteiger partial charge in [0.1, 0.15) is 5.76 Å². The third-order valence-electron chi connectivity index (χ3n) is 4.15. The first-order valence-electron chi connectivity index (χ1n) is 7.09. The van der Waals surface area contributed by atoms with Gasteiger partial charge in [-0.25, -0.2) is 4.98 Å². The van der Waals surface area contributed by atoms with Crippen molar-refractivity contribution >= 4 is 17.5 Å². The van der Waals surface area contributed by atoms with Crippen LogP contribution in [0, 0.1) is 6.92 Å². The second-order valence-electron chi connectivity index (χ2n) is 5.51. The highest BCUT2D eigenvalue weighted by atomic mass is 35.5. The van der Waals surface area contributed by atoms with E-state index >= 15 is 0 Å². The Balaban J connectivity index is 1.92. The van der Waals surface area contributed by atoms with Gasteiger partial charge in [-0.05, 0) is 37.5 Å². The second kappa shape index (κ2) is 5.53. The molecule has 1 aromatic heterocycles. The molecule has 1 N–H and O–H groups in total. The molecule has 110 valence electrons. The Morgan fingerprint density at radius 3 is 2.76 bits per heavy atom. The zero-order chi connectivity index (χ0) is 14.9. The fourth-order valence-electron chi connectivity index (χ4n) is 3.05. The number of carbonyl (C=O) groups is 1. The van der Waals surface area contributed by atoms with E-state index in [0.717, 1.165) is 31.2 Å². The molecule has 0 atom stereocenters. The number of hydrogen-bond donors (Lipinski definition) is 1. The fraction of sp³-hybridized carbons (Fsp3) is 0.375. The number of nitrogens with zero attached hydrogens (tertiary/aromatic N) is 1. The average Bonchev–Trinajstić information content (AvgIpc) is 3.08. The minimum Gasteiger partial charge on any atom is -0.448 e. The van der Waals surface area contributed by atoms with Gasteiger partial charge in [0.05, 0.1) is 5.54 Å². The first-order valence-corrected chi connectivity index (χ1v) is 7.47. The molecule has 0 saturated heterocycles. The Morgan fingerprint density at radius 2 is 2.14 bits per heavy atom. The maximum absolute atomic E-state index is 12.5. The van der Waals surface area contributed by atoms with Gasteiger partial charge < -0.3 is 9.73 Å². The van der Waals surface area contributed by atoms with Gasteiger partial charge in [0, 0.05) is 5.02 Å². The number of nitrogens with one attached hydrogen (secondary N) is 1. The van der Waals surface area contributed by atoms with E-state index in [1.54, 1.807) is 6.92 Å². The third kappa shape index (κ3) is 2.68. The Hall–Kier alpha value is -1.81. The molecule has 1 amide bonds. The number of oxazole rings is 1. The van der Waals surface area contributed by atoms with Gasteiger partial charge in [-0.2, -0.15) is 0 Å². The van der Waals surface area contributed by atoms with Crippen LogP contribution in [-0.4, -0.2) is 10.9 Å². The number of rotatable bonds is 3. The maximum Gasteiger partial charge on any atom is 0.274 e. The van der Waals surface area contributed by atoms with Gasteiger partial charge in [0.15, 0.2) is 12.1 Å². The zero-order valence-corrected chi connectivity index (χ0v) is 12.6. The zero-order valence-electron chi connectivity index (χ0n) is 11.9. The van der Waals surface area contributed by atoms with Gasteiger partial charge in [-0.15, -0.1) is 0 Å². The van der Waals surface area contributed by atoms with Gasteiger partial charge in [0.2, 0.25) is 0 Å². The van der Waals surface area contributed by atoms with Crippen LogP contribution in [0.5, 0.6) is 0 Å². The van der Waals surface area contributed by atoms with Crippen molar-refractivity contribution in [2.45, 2.75) is 38.1 Å². The Bertz CT molecular complexity index is 660. The van der Waals surface area contributed by atoms with Crippen LogP contribution in [-0.2, 0) is 5.54 Å². The number of aryl methyl sites for hydroxylation is 1. The molecule has 2 aromatic rings. The lowest BCUT2D eigenvalue weighted by atomic mass is 9.88. The van der Waals surface area contributed by atoms with Crippen molar-refractivity contribution in [1.82, 2.24) is 10.3 Å². The number of aromatic nitrogens is 1. The summed E-state index contributed by atoms with van der Waals surface area (Å²) in [7, 11) is 0. The van der Waals surface area contributed by atoms with Gasteiger partial charge in [0.25, 0.3) is 5.91 Å². The molecule has 1 aromatic carbocycles. The van der Waals surface area contributed by atoms with Crippen LogP contribution in [0.2, 0.25) is 5.02 Å². The summed E-state index contributed by atoms with van der Waals surface area (Å²) in [6, 6.07) is 7.72. The number of benzene rings is 1. The lowest BCUT2D eigenvalue weighted by molar-refractivity contribution is 0.0892. The summed E-state index contributed by atoms with van der Waals surface area (Å²) < 4.78 is 5.11. The van der Waals surface area contributed by atoms with Crippen LogP contribution < -0.4 is 5.32 Å². The first-order chi connectivity index (χ1) is 10.1. The second-order valence-corrected chi connectivity index (χ2v) is 5.95. The van der Waals surface area contributed by atoms with E-state index in [0.29, 0.717) is 16.5 Å². The number of halogens is 1. The highest BCUT2D eigenvalue weighted by molar-refractivity contribution is 6.30. The Labute approximate surface area is 128 Å². The number of hydrogen-bond acceptors (Lipinski definition) is 3. The summed E-state index contributed by atoms with van der Waals surface area (Å²) in [5.74, 6) is 0.342. The summed E-state index contributed by atoms with van der Waals surface area (Å²) in [5, 5.41) is 3.84. The standard InChI is InChI=1S/C16H17ClN2O2/c1-11-14(18-10-21-11)15(20)19-16(7-2-3-8-16)12-5-4-6-13(17)9-12/h4-6,9-10H,2-3,7-8H2,1H3,(H,19,20). The largest absolute Gasteiger partial charge is 0.448 e. The Kier molecular flexibility index (Phi) is 3.72. The minimum absolute atomic E-state index is 0.192. The van der Waals surface area contributed by atoms with Crippen molar-refractivity contribution < 1.29 is 9.21 Å². The molecule has 0 spiro atoms. The van der Waals surface area contributed by atoms with E-state index in [2.05, 4.69) is 10.3 Å². The van der Waals surface area contributed by atoms with E-state index in [-0.39, 0.29) is 11.4 Å². The van der Waals surface area contributed by atoms with Crippen LogP contribution >= 0.6 is 11.6 Å². The van der Waals surface area contributed by atoms with E-state index < -0.39 is 0 Å². The average molecular weight is 305 g/mol. The van der Waals surface area contributed by atoms with Gasteiger partial charge in [-0.3, -0.25) is 4.79 Å². The molecule has 3 rings (SSSR count). The monoisotopic (exact) mass is 304 g/mol. The summed E-state index contributed by atoms with van der Waals surface area (Å²) >= 11 is 6.11. The molecular weight excluding hydrogens is 288 g/mol. The molecule has 21 heavy (non-hydrogen) atoms. The highest BCUT2D eigenvalue weighted by Crippen LogP contribution is 2.39. The SMILES string of the molecule is Cc1ocnc1C(=O)NC1(c2cccc(Cl)c2)CCCC1.